The van der Waals surface area contributed by atoms with E-state index in [1.807, 2.05) is 18.5 Å². The van der Waals surface area contributed by atoms with Crippen LogP contribution in [0.15, 0.2) is 0 Å². The maximum Gasteiger partial charge on any atom is 0.146 e. The fourth-order valence-corrected chi connectivity index (χ4v) is 2.49. The number of hydrogen-bond donors (Lipinski definition) is 2. The Morgan fingerprint density at radius 2 is 2.00 bits per heavy atom. The van der Waals surface area contributed by atoms with Gasteiger partial charge in [0.2, 0.25) is 0 Å². The molecule has 1 aromatic heterocycles. The molecule has 0 radical (unpaired) electrons. The van der Waals surface area contributed by atoms with Crippen LogP contribution < -0.4 is 5.32 Å². The van der Waals surface area contributed by atoms with Gasteiger partial charge >= 0.3 is 0 Å². The van der Waals surface area contributed by atoms with E-state index in [4.69, 9.17) is 0 Å². The third-order valence-electron chi connectivity index (χ3n) is 3.92. The summed E-state index contributed by atoms with van der Waals surface area (Å²) in [4.78, 5) is 0. The zero-order valence-corrected chi connectivity index (χ0v) is 10.7. The summed E-state index contributed by atoms with van der Waals surface area (Å²) in [5.41, 5.74) is -0.0991. The maximum atomic E-state index is 9.59. The van der Waals surface area contributed by atoms with Gasteiger partial charge in [0.05, 0.1) is 13.2 Å². The third-order valence-corrected chi connectivity index (χ3v) is 3.92. The summed E-state index contributed by atoms with van der Waals surface area (Å²) >= 11 is 0. The number of aryl methyl sites for hydroxylation is 1. The van der Waals surface area contributed by atoms with Gasteiger partial charge in [-0.05, 0) is 19.8 Å². The van der Waals surface area contributed by atoms with Crippen molar-refractivity contribution in [3.8, 4) is 0 Å². The summed E-state index contributed by atoms with van der Waals surface area (Å²) in [5.74, 6) is 1.85. The normalized spacial score (nSPS) is 19.5. The quantitative estimate of drug-likeness (QED) is 0.818. The molecule has 96 valence electrons. The van der Waals surface area contributed by atoms with Crippen molar-refractivity contribution in [2.75, 3.05) is 6.61 Å². The number of nitrogens with zero attached hydrogens (tertiary/aromatic N) is 3. The SMILES string of the molecule is Cc1nnc(CNC2(CO)CCCCC2)n1C. The minimum Gasteiger partial charge on any atom is -0.394 e. The Hall–Kier alpha value is -0.940. The van der Waals surface area contributed by atoms with E-state index in [9.17, 15) is 5.11 Å². The molecule has 0 unspecified atom stereocenters. The van der Waals surface area contributed by atoms with Crippen molar-refractivity contribution in [1.82, 2.24) is 20.1 Å². The van der Waals surface area contributed by atoms with Crippen LogP contribution in [0.25, 0.3) is 0 Å². The van der Waals surface area contributed by atoms with Gasteiger partial charge in [-0.3, -0.25) is 0 Å². The molecule has 5 nitrogen and oxygen atoms in total. The monoisotopic (exact) mass is 238 g/mol. The molecule has 1 saturated carbocycles. The third kappa shape index (κ3) is 2.66. The predicted molar refractivity (Wildman–Crippen MR) is 65.5 cm³/mol. The highest BCUT2D eigenvalue weighted by atomic mass is 16.3. The van der Waals surface area contributed by atoms with E-state index in [-0.39, 0.29) is 12.1 Å². The molecule has 0 aliphatic heterocycles. The lowest BCUT2D eigenvalue weighted by Crippen LogP contribution is -2.49. The fourth-order valence-electron chi connectivity index (χ4n) is 2.49. The van der Waals surface area contributed by atoms with Gasteiger partial charge in [-0.1, -0.05) is 19.3 Å². The smallest absolute Gasteiger partial charge is 0.146 e. The second-order valence-corrected chi connectivity index (χ2v) is 5.08. The van der Waals surface area contributed by atoms with Crippen LogP contribution in [0.5, 0.6) is 0 Å². The molecule has 0 atom stereocenters. The second-order valence-electron chi connectivity index (χ2n) is 5.08. The number of nitrogens with one attached hydrogen (secondary N) is 1. The highest BCUT2D eigenvalue weighted by molar-refractivity contribution is 4.96. The van der Waals surface area contributed by atoms with Crippen LogP contribution in [-0.4, -0.2) is 32.0 Å². The van der Waals surface area contributed by atoms with Crippen LogP contribution in [0.3, 0.4) is 0 Å². The number of rotatable bonds is 4. The van der Waals surface area contributed by atoms with Crippen LogP contribution >= 0.6 is 0 Å². The molecule has 2 rings (SSSR count). The van der Waals surface area contributed by atoms with E-state index in [2.05, 4.69) is 15.5 Å². The number of aromatic nitrogens is 3. The van der Waals surface area contributed by atoms with Crippen molar-refractivity contribution < 1.29 is 5.11 Å². The molecule has 1 aliphatic carbocycles. The zero-order chi connectivity index (χ0) is 12.3. The fraction of sp³-hybridized carbons (Fsp3) is 0.833. The van der Waals surface area contributed by atoms with Crippen LogP contribution in [0.2, 0.25) is 0 Å². The van der Waals surface area contributed by atoms with Gasteiger partial charge in [0, 0.05) is 12.6 Å². The summed E-state index contributed by atoms with van der Waals surface area (Å²) in [6, 6.07) is 0. The summed E-state index contributed by atoms with van der Waals surface area (Å²) < 4.78 is 1.99. The topological polar surface area (TPSA) is 63.0 Å². The number of hydrogen-bond acceptors (Lipinski definition) is 4. The molecule has 0 saturated heterocycles. The molecule has 0 amide bonds. The van der Waals surface area contributed by atoms with Crippen molar-refractivity contribution >= 4 is 0 Å². The lowest BCUT2D eigenvalue weighted by atomic mass is 9.82. The first kappa shape index (κ1) is 12.5. The first-order valence-corrected chi connectivity index (χ1v) is 6.38. The summed E-state index contributed by atoms with van der Waals surface area (Å²) in [6.07, 6.45) is 5.80. The molecule has 0 spiro atoms. The Balaban J connectivity index is 1.98. The van der Waals surface area contributed by atoms with E-state index in [0.29, 0.717) is 6.54 Å². The van der Waals surface area contributed by atoms with E-state index < -0.39 is 0 Å². The van der Waals surface area contributed by atoms with Crippen molar-refractivity contribution in [2.45, 2.75) is 51.1 Å². The minimum atomic E-state index is -0.0991. The van der Waals surface area contributed by atoms with Crippen LogP contribution in [0.1, 0.15) is 43.8 Å². The van der Waals surface area contributed by atoms with Crippen molar-refractivity contribution in [1.29, 1.82) is 0 Å². The Kier molecular flexibility index (Phi) is 3.79. The highest BCUT2D eigenvalue weighted by Gasteiger charge is 2.30. The van der Waals surface area contributed by atoms with Gasteiger partial charge in [0.25, 0.3) is 0 Å². The van der Waals surface area contributed by atoms with Gasteiger partial charge in [0.15, 0.2) is 0 Å². The highest BCUT2D eigenvalue weighted by Crippen LogP contribution is 2.27. The van der Waals surface area contributed by atoms with Crippen molar-refractivity contribution in [3.63, 3.8) is 0 Å². The average molecular weight is 238 g/mol. The lowest BCUT2D eigenvalue weighted by Gasteiger charge is -2.36. The van der Waals surface area contributed by atoms with Crippen LogP contribution in [0, 0.1) is 6.92 Å². The van der Waals surface area contributed by atoms with Gasteiger partial charge in [-0.25, -0.2) is 0 Å². The Bertz CT molecular complexity index is 369. The first-order chi connectivity index (χ1) is 8.17. The van der Waals surface area contributed by atoms with E-state index in [0.717, 1.165) is 24.5 Å². The van der Waals surface area contributed by atoms with Crippen molar-refractivity contribution in [3.05, 3.63) is 11.6 Å². The molecular weight excluding hydrogens is 216 g/mol. The molecule has 2 N–H and O–H groups in total. The second kappa shape index (κ2) is 5.14. The largest absolute Gasteiger partial charge is 0.394 e. The van der Waals surface area contributed by atoms with Crippen molar-refractivity contribution in [2.24, 2.45) is 7.05 Å². The predicted octanol–water partition coefficient (Wildman–Crippen LogP) is 0.908. The molecule has 17 heavy (non-hydrogen) atoms. The number of aliphatic hydroxyl groups excluding tert-OH is 1. The molecule has 1 heterocycles. The Morgan fingerprint density at radius 3 is 2.53 bits per heavy atom. The van der Waals surface area contributed by atoms with Crippen LogP contribution in [0.4, 0.5) is 0 Å². The molecule has 1 aromatic rings. The minimum absolute atomic E-state index is 0.0991. The van der Waals surface area contributed by atoms with Crippen LogP contribution in [-0.2, 0) is 13.6 Å². The standard InChI is InChI=1S/C12H22N4O/c1-10-14-15-11(16(10)2)8-13-12(9-17)6-4-3-5-7-12/h13,17H,3-9H2,1-2H3. The van der Waals surface area contributed by atoms with Gasteiger partial charge in [-0.15, -0.1) is 10.2 Å². The maximum absolute atomic E-state index is 9.59. The molecular formula is C12H22N4O. The molecule has 5 heteroatoms. The number of aliphatic hydroxyl groups is 1. The van der Waals surface area contributed by atoms with E-state index in [1.54, 1.807) is 0 Å². The first-order valence-electron chi connectivity index (χ1n) is 6.38. The van der Waals surface area contributed by atoms with E-state index >= 15 is 0 Å². The molecule has 0 bridgehead atoms. The van der Waals surface area contributed by atoms with Gasteiger partial charge < -0.3 is 15.0 Å². The average Bonchev–Trinajstić information content (AvgIpc) is 2.69. The summed E-state index contributed by atoms with van der Waals surface area (Å²) in [7, 11) is 1.97. The Labute approximate surface area is 102 Å². The zero-order valence-electron chi connectivity index (χ0n) is 10.7. The summed E-state index contributed by atoms with van der Waals surface area (Å²) in [6.45, 7) is 2.83. The summed E-state index contributed by atoms with van der Waals surface area (Å²) in [5, 5.41) is 21.2. The van der Waals surface area contributed by atoms with E-state index in [1.165, 1.54) is 19.3 Å². The van der Waals surface area contributed by atoms with Gasteiger partial charge in [0.1, 0.15) is 11.6 Å². The molecule has 0 aromatic carbocycles. The Morgan fingerprint density at radius 1 is 1.29 bits per heavy atom. The molecule has 1 fully saturated rings. The molecule has 1 aliphatic rings. The van der Waals surface area contributed by atoms with Gasteiger partial charge in [-0.2, -0.15) is 0 Å². The lowest BCUT2D eigenvalue weighted by molar-refractivity contribution is 0.118.